The highest BCUT2D eigenvalue weighted by Gasteiger charge is 2.34. The van der Waals surface area contributed by atoms with Crippen LogP contribution in [0.4, 0.5) is 13.2 Å². The molecule has 2 heterocycles. The molecule has 0 aliphatic heterocycles. The average Bonchev–Trinajstić information content (AvgIpc) is 3.00. The maximum absolute atomic E-state index is 13.2. The molecule has 26 heavy (non-hydrogen) atoms. The zero-order valence-corrected chi connectivity index (χ0v) is 13.5. The molecule has 0 unspecified atom stereocenters. The number of hydrogen-bond donors (Lipinski definition) is 0. The molecule has 9 heteroatoms. The van der Waals surface area contributed by atoms with Crippen LogP contribution in [0, 0.1) is 11.3 Å². The summed E-state index contributed by atoms with van der Waals surface area (Å²) in [7, 11) is 1.55. The second kappa shape index (κ2) is 6.84. The molecule has 6 nitrogen and oxygen atoms in total. The number of nitriles is 1. The Morgan fingerprint density at radius 1 is 1.15 bits per heavy atom. The summed E-state index contributed by atoms with van der Waals surface area (Å²) in [6, 6.07) is 10.2. The highest BCUT2D eigenvalue weighted by Crippen LogP contribution is 2.36. The SMILES string of the molecule is Cn1c(COc2cccnc2C#N)nnc1-c1ccccc1C(F)(F)F. The molecule has 0 saturated carbocycles. The van der Waals surface area contributed by atoms with Gasteiger partial charge in [0.1, 0.15) is 12.7 Å². The lowest BCUT2D eigenvalue weighted by molar-refractivity contribution is -0.137. The van der Waals surface area contributed by atoms with Gasteiger partial charge in [-0.1, -0.05) is 18.2 Å². The Hall–Kier alpha value is -3.41. The van der Waals surface area contributed by atoms with Crippen LogP contribution in [0.1, 0.15) is 17.1 Å². The first-order valence-corrected chi connectivity index (χ1v) is 7.44. The van der Waals surface area contributed by atoms with Crippen molar-refractivity contribution in [3.8, 4) is 23.2 Å². The van der Waals surface area contributed by atoms with Gasteiger partial charge in [-0.15, -0.1) is 10.2 Å². The summed E-state index contributed by atoms with van der Waals surface area (Å²) in [6.07, 6.45) is -3.05. The zero-order chi connectivity index (χ0) is 18.7. The van der Waals surface area contributed by atoms with Gasteiger partial charge < -0.3 is 9.30 Å². The Morgan fingerprint density at radius 3 is 2.65 bits per heavy atom. The van der Waals surface area contributed by atoms with Crippen molar-refractivity contribution in [2.45, 2.75) is 12.8 Å². The van der Waals surface area contributed by atoms with E-state index in [0.29, 0.717) is 5.82 Å². The number of halogens is 3. The molecule has 3 rings (SSSR count). The minimum atomic E-state index is -4.50. The molecule has 0 N–H and O–H groups in total. The second-order valence-corrected chi connectivity index (χ2v) is 5.29. The van der Waals surface area contributed by atoms with Gasteiger partial charge in [0.25, 0.3) is 0 Å². The first-order valence-electron chi connectivity index (χ1n) is 7.44. The molecule has 0 fully saturated rings. The van der Waals surface area contributed by atoms with Crippen molar-refractivity contribution in [3.05, 3.63) is 59.7 Å². The van der Waals surface area contributed by atoms with Crippen molar-refractivity contribution in [1.29, 1.82) is 5.26 Å². The van der Waals surface area contributed by atoms with E-state index in [-0.39, 0.29) is 29.4 Å². The third kappa shape index (κ3) is 3.35. The molecule has 2 aromatic heterocycles. The van der Waals surface area contributed by atoms with E-state index < -0.39 is 11.7 Å². The molecule has 0 atom stereocenters. The predicted molar refractivity (Wildman–Crippen MR) is 84.7 cm³/mol. The highest BCUT2D eigenvalue weighted by atomic mass is 19.4. The number of benzene rings is 1. The van der Waals surface area contributed by atoms with Crippen molar-refractivity contribution in [1.82, 2.24) is 19.7 Å². The van der Waals surface area contributed by atoms with Crippen LogP contribution in [-0.2, 0) is 19.8 Å². The largest absolute Gasteiger partial charge is 0.483 e. The van der Waals surface area contributed by atoms with Gasteiger partial charge in [-0.25, -0.2) is 4.98 Å². The summed E-state index contributed by atoms with van der Waals surface area (Å²) >= 11 is 0. The van der Waals surface area contributed by atoms with Crippen LogP contribution >= 0.6 is 0 Å². The number of rotatable bonds is 4. The number of hydrogen-bond acceptors (Lipinski definition) is 5. The van der Waals surface area contributed by atoms with E-state index in [1.165, 1.54) is 29.0 Å². The van der Waals surface area contributed by atoms with E-state index in [4.69, 9.17) is 10.00 Å². The number of pyridine rings is 1. The second-order valence-electron chi connectivity index (χ2n) is 5.29. The molecule has 0 radical (unpaired) electrons. The number of ether oxygens (including phenoxy) is 1. The lowest BCUT2D eigenvalue weighted by Gasteiger charge is -2.12. The first kappa shape index (κ1) is 17.4. The Balaban J connectivity index is 1.89. The summed E-state index contributed by atoms with van der Waals surface area (Å²) in [5, 5.41) is 16.8. The summed E-state index contributed by atoms with van der Waals surface area (Å²) in [6.45, 7) is -0.0714. The zero-order valence-electron chi connectivity index (χ0n) is 13.5. The standard InChI is InChI=1S/C17H12F3N5O/c1-25-15(10-26-14-7-4-8-22-13(14)9-21)23-24-16(25)11-5-2-3-6-12(11)17(18,19)20/h2-8H,10H2,1H3. The fourth-order valence-corrected chi connectivity index (χ4v) is 2.38. The van der Waals surface area contributed by atoms with E-state index in [0.717, 1.165) is 6.07 Å². The third-order valence-electron chi connectivity index (χ3n) is 3.67. The topological polar surface area (TPSA) is 76.6 Å². The van der Waals surface area contributed by atoms with E-state index in [1.54, 1.807) is 19.2 Å². The van der Waals surface area contributed by atoms with Crippen LogP contribution in [0.25, 0.3) is 11.4 Å². The molecule has 0 aliphatic rings. The monoisotopic (exact) mass is 359 g/mol. The summed E-state index contributed by atoms with van der Waals surface area (Å²) in [5.74, 6) is 0.642. The van der Waals surface area contributed by atoms with Crippen molar-refractivity contribution in [2.75, 3.05) is 0 Å². The average molecular weight is 359 g/mol. The van der Waals surface area contributed by atoms with Crippen LogP contribution in [-0.4, -0.2) is 19.7 Å². The number of nitrogens with zero attached hydrogens (tertiary/aromatic N) is 5. The van der Waals surface area contributed by atoms with Crippen LogP contribution in [0.15, 0.2) is 42.6 Å². The van der Waals surface area contributed by atoms with Gasteiger partial charge in [0.2, 0.25) is 0 Å². The molecule has 0 saturated heterocycles. The molecule has 1 aromatic carbocycles. The molecule has 0 amide bonds. The lowest BCUT2D eigenvalue weighted by Crippen LogP contribution is -2.09. The fraction of sp³-hybridized carbons (Fsp3) is 0.176. The highest BCUT2D eigenvalue weighted by molar-refractivity contribution is 5.61. The smallest absolute Gasteiger partial charge is 0.417 e. The Kier molecular flexibility index (Phi) is 4.58. The number of aromatic nitrogens is 4. The van der Waals surface area contributed by atoms with Gasteiger partial charge in [-0.2, -0.15) is 18.4 Å². The molecule has 132 valence electrons. The van der Waals surface area contributed by atoms with E-state index >= 15 is 0 Å². The number of alkyl halides is 3. The van der Waals surface area contributed by atoms with Crippen LogP contribution in [0.3, 0.4) is 0 Å². The quantitative estimate of drug-likeness (QED) is 0.714. The summed E-state index contributed by atoms with van der Waals surface area (Å²) < 4.78 is 46.6. The van der Waals surface area contributed by atoms with Gasteiger partial charge in [0, 0.05) is 18.8 Å². The maximum Gasteiger partial charge on any atom is 0.417 e. The lowest BCUT2D eigenvalue weighted by atomic mass is 10.1. The fourth-order valence-electron chi connectivity index (χ4n) is 2.38. The van der Waals surface area contributed by atoms with Crippen LogP contribution in [0.5, 0.6) is 5.75 Å². The summed E-state index contributed by atoms with van der Waals surface area (Å²) in [5.41, 5.74) is -0.750. The molecule has 3 aromatic rings. The minimum absolute atomic E-state index is 0.0691. The van der Waals surface area contributed by atoms with Crippen molar-refractivity contribution in [2.24, 2.45) is 7.05 Å². The van der Waals surface area contributed by atoms with Crippen molar-refractivity contribution in [3.63, 3.8) is 0 Å². The van der Waals surface area contributed by atoms with E-state index in [9.17, 15) is 13.2 Å². The summed E-state index contributed by atoms with van der Waals surface area (Å²) in [4.78, 5) is 3.87. The molecular formula is C17H12F3N5O. The molecule has 0 aliphatic carbocycles. The first-order chi connectivity index (χ1) is 12.4. The Labute approximate surface area is 146 Å². The van der Waals surface area contributed by atoms with E-state index in [2.05, 4.69) is 15.2 Å². The minimum Gasteiger partial charge on any atom is -0.483 e. The maximum atomic E-state index is 13.2. The molecular weight excluding hydrogens is 347 g/mol. The van der Waals surface area contributed by atoms with Crippen LogP contribution in [0.2, 0.25) is 0 Å². The van der Waals surface area contributed by atoms with E-state index in [1.807, 2.05) is 6.07 Å². The predicted octanol–water partition coefficient (Wildman–Crippen LogP) is 3.35. The van der Waals surface area contributed by atoms with Crippen LogP contribution < -0.4 is 4.74 Å². The van der Waals surface area contributed by atoms with Crippen molar-refractivity contribution < 1.29 is 17.9 Å². The Morgan fingerprint density at radius 2 is 1.92 bits per heavy atom. The Bertz CT molecular complexity index is 975. The van der Waals surface area contributed by atoms with Gasteiger partial charge >= 0.3 is 6.18 Å². The van der Waals surface area contributed by atoms with Gasteiger partial charge in [0.05, 0.1) is 5.56 Å². The molecule has 0 spiro atoms. The van der Waals surface area contributed by atoms with Gasteiger partial charge in [-0.05, 0) is 18.2 Å². The van der Waals surface area contributed by atoms with Gasteiger partial charge in [-0.3, -0.25) is 0 Å². The van der Waals surface area contributed by atoms with Gasteiger partial charge in [0.15, 0.2) is 23.1 Å². The normalized spacial score (nSPS) is 11.2. The van der Waals surface area contributed by atoms with Crippen molar-refractivity contribution >= 4 is 0 Å². The third-order valence-corrected chi connectivity index (χ3v) is 3.67. The molecule has 0 bridgehead atoms.